The molecule has 0 aromatic heterocycles. The summed E-state index contributed by atoms with van der Waals surface area (Å²) in [6.45, 7) is -0.253. The maximum atomic E-state index is 11.1. The van der Waals surface area contributed by atoms with Gasteiger partial charge in [0.25, 0.3) is 0 Å². The number of sulfonamides is 1. The van der Waals surface area contributed by atoms with Gasteiger partial charge in [-0.1, -0.05) is 0 Å². The van der Waals surface area contributed by atoms with Crippen LogP contribution in [0.3, 0.4) is 0 Å². The third kappa shape index (κ3) is 2.18. The minimum absolute atomic E-state index is 0.0397. The fraction of sp³-hybridized carbons (Fsp3) is 0.667. The summed E-state index contributed by atoms with van der Waals surface area (Å²) >= 11 is 0. The summed E-state index contributed by atoms with van der Waals surface area (Å²) in [5.74, 6) is -1.83. The first-order valence-corrected chi connectivity index (χ1v) is 5.29. The van der Waals surface area contributed by atoms with Gasteiger partial charge in [-0.2, -0.15) is 0 Å². The van der Waals surface area contributed by atoms with Gasteiger partial charge in [0.05, 0.1) is 12.2 Å². The predicted molar refractivity (Wildman–Crippen MR) is 42.4 cm³/mol. The quantitative estimate of drug-likeness (QED) is 0.642. The number of carboxylic acid groups (broad SMARTS) is 1. The Bertz CT molecular complexity index is 333. The fourth-order valence-corrected chi connectivity index (χ4v) is 2.49. The molecule has 0 atom stereocenters. The average Bonchev–Trinajstić information content (AvgIpc) is 2.23. The van der Waals surface area contributed by atoms with Gasteiger partial charge in [0, 0.05) is 13.0 Å². The van der Waals surface area contributed by atoms with Crippen molar-refractivity contribution >= 4 is 21.9 Å². The Kier molecular flexibility index (Phi) is 2.55. The van der Waals surface area contributed by atoms with Gasteiger partial charge < -0.3 is 5.11 Å². The Hall–Kier alpha value is -1.11. The molecule has 1 amide bonds. The zero-order valence-electron chi connectivity index (χ0n) is 6.76. The van der Waals surface area contributed by atoms with Gasteiger partial charge in [0.1, 0.15) is 0 Å². The molecule has 1 rings (SSSR count). The molecule has 7 heteroatoms. The van der Waals surface area contributed by atoms with Crippen molar-refractivity contribution in [2.75, 3.05) is 12.3 Å². The van der Waals surface area contributed by atoms with E-state index in [2.05, 4.69) is 0 Å². The second-order valence-corrected chi connectivity index (χ2v) is 4.69. The number of hydrogen-bond donors (Lipinski definition) is 1. The Morgan fingerprint density at radius 1 is 1.54 bits per heavy atom. The average molecular weight is 207 g/mol. The smallest absolute Gasteiger partial charge is 0.305 e. The van der Waals surface area contributed by atoms with Gasteiger partial charge in [-0.25, -0.2) is 12.7 Å². The monoisotopic (exact) mass is 207 g/mol. The maximum absolute atomic E-state index is 11.1. The molecule has 0 aromatic rings. The summed E-state index contributed by atoms with van der Waals surface area (Å²) in [7, 11) is -3.51. The lowest BCUT2D eigenvalue weighted by Crippen LogP contribution is -2.31. The molecule has 0 aliphatic carbocycles. The van der Waals surface area contributed by atoms with E-state index in [0.717, 1.165) is 0 Å². The van der Waals surface area contributed by atoms with Crippen LogP contribution in [0.4, 0.5) is 0 Å². The van der Waals surface area contributed by atoms with Gasteiger partial charge >= 0.3 is 5.97 Å². The van der Waals surface area contributed by atoms with Crippen molar-refractivity contribution in [2.24, 2.45) is 0 Å². The summed E-state index contributed by atoms with van der Waals surface area (Å²) in [5.41, 5.74) is 0. The predicted octanol–water partition coefficient (Wildman–Crippen LogP) is -0.977. The van der Waals surface area contributed by atoms with Crippen molar-refractivity contribution in [3.05, 3.63) is 0 Å². The molecule has 6 nitrogen and oxygen atoms in total. The van der Waals surface area contributed by atoms with Crippen LogP contribution in [0.5, 0.6) is 0 Å². The van der Waals surface area contributed by atoms with Crippen LogP contribution in [-0.4, -0.2) is 42.0 Å². The summed E-state index contributed by atoms with van der Waals surface area (Å²) < 4.78 is 22.8. The van der Waals surface area contributed by atoms with Crippen molar-refractivity contribution in [1.82, 2.24) is 4.31 Å². The van der Waals surface area contributed by atoms with E-state index < -0.39 is 21.9 Å². The minimum Gasteiger partial charge on any atom is -0.481 e. The molecule has 0 spiro atoms. The van der Waals surface area contributed by atoms with Crippen LogP contribution < -0.4 is 0 Å². The molecule has 1 saturated heterocycles. The minimum atomic E-state index is -3.51. The number of carbonyl (C=O) groups is 2. The number of amides is 1. The van der Waals surface area contributed by atoms with Gasteiger partial charge in [0.2, 0.25) is 15.9 Å². The fourth-order valence-electron chi connectivity index (χ4n) is 1.07. The lowest BCUT2D eigenvalue weighted by Gasteiger charge is -2.12. The molecular formula is C6H9NO5S. The van der Waals surface area contributed by atoms with E-state index in [4.69, 9.17) is 5.11 Å². The lowest BCUT2D eigenvalue weighted by atomic mass is 10.4. The highest BCUT2D eigenvalue weighted by molar-refractivity contribution is 7.90. The Morgan fingerprint density at radius 3 is 2.54 bits per heavy atom. The second kappa shape index (κ2) is 3.33. The van der Waals surface area contributed by atoms with E-state index in [1.807, 2.05) is 0 Å². The van der Waals surface area contributed by atoms with Gasteiger partial charge in [-0.15, -0.1) is 0 Å². The van der Waals surface area contributed by atoms with E-state index in [-0.39, 0.29) is 25.1 Å². The van der Waals surface area contributed by atoms with Gasteiger partial charge in [-0.05, 0) is 0 Å². The first-order valence-electron chi connectivity index (χ1n) is 3.68. The molecule has 0 radical (unpaired) electrons. The lowest BCUT2D eigenvalue weighted by molar-refractivity contribution is -0.137. The molecule has 1 N–H and O–H groups in total. The molecule has 1 fully saturated rings. The van der Waals surface area contributed by atoms with Crippen LogP contribution in [0.2, 0.25) is 0 Å². The molecule has 1 aliphatic rings. The molecule has 0 unspecified atom stereocenters. The maximum Gasteiger partial charge on any atom is 0.305 e. The normalized spacial score (nSPS) is 20.6. The van der Waals surface area contributed by atoms with Crippen molar-refractivity contribution < 1.29 is 23.1 Å². The molecule has 0 aromatic carbocycles. The Morgan fingerprint density at radius 2 is 2.15 bits per heavy atom. The number of nitrogens with zero attached hydrogens (tertiary/aromatic N) is 1. The van der Waals surface area contributed by atoms with E-state index in [0.29, 0.717) is 4.31 Å². The zero-order valence-corrected chi connectivity index (χ0v) is 7.58. The number of rotatable bonds is 3. The van der Waals surface area contributed by atoms with E-state index in [9.17, 15) is 18.0 Å². The Labute approximate surface area is 75.2 Å². The SMILES string of the molecule is O=C(O)CCN1C(=O)CCS1(=O)=O. The third-order valence-corrected chi connectivity index (χ3v) is 3.49. The summed E-state index contributed by atoms with van der Waals surface area (Å²) in [5, 5.41) is 8.30. The number of hydrogen-bond acceptors (Lipinski definition) is 4. The van der Waals surface area contributed by atoms with Crippen LogP contribution in [0, 0.1) is 0 Å². The first kappa shape index (κ1) is 9.97. The van der Waals surface area contributed by atoms with Crippen LogP contribution >= 0.6 is 0 Å². The van der Waals surface area contributed by atoms with Crippen molar-refractivity contribution in [3.63, 3.8) is 0 Å². The van der Waals surface area contributed by atoms with Crippen LogP contribution in [0.15, 0.2) is 0 Å². The highest BCUT2D eigenvalue weighted by Gasteiger charge is 2.34. The number of aliphatic carboxylic acids is 1. The topological polar surface area (TPSA) is 91.8 Å². The molecule has 1 heterocycles. The summed E-state index contributed by atoms with van der Waals surface area (Å²) in [6.07, 6.45) is -0.382. The van der Waals surface area contributed by atoms with E-state index in [1.54, 1.807) is 0 Å². The van der Waals surface area contributed by atoms with Crippen molar-refractivity contribution in [1.29, 1.82) is 0 Å². The van der Waals surface area contributed by atoms with Crippen LogP contribution in [0.1, 0.15) is 12.8 Å². The second-order valence-electron chi connectivity index (χ2n) is 2.68. The highest BCUT2D eigenvalue weighted by atomic mass is 32.2. The van der Waals surface area contributed by atoms with E-state index in [1.165, 1.54) is 0 Å². The molecule has 0 bridgehead atoms. The summed E-state index contributed by atoms with van der Waals surface area (Å²) in [6, 6.07) is 0. The van der Waals surface area contributed by atoms with Crippen LogP contribution in [0.25, 0.3) is 0 Å². The molecule has 0 saturated carbocycles. The molecule has 1 aliphatic heterocycles. The highest BCUT2D eigenvalue weighted by Crippen LogP contribution is 2.14. The molecule has 13 heavy (non-hydrogen) atoms. The first-order chi connectivity index (χ1) is 5.93. The molecule has 74 valence electrons. The van der Waals surface area contributed by atoms with Crippen LogP contribution in [-0.2, 0) is 19.6 Å². The van der Waals surface area contributed by atoms with Gasteiger partial charge in [0.15, 0.2) is 0 Å². The molecular weight excluding hydrogens is 198 g/mol. The van der Waals surface area contributed by atoms with Crippen molar-refractivity contribution in [2.45, 2.75) is 12.8 Å². The van der Waals surface area contributed by atoms with E-state index >= 15 is 0 Å². The number of carboxylic acids is 1. The van der Waals surface area contributed by atoms with Gasteiger partial charge in [-0.3, -0.25) is 9.59 Å². The third-order valence-electron chi connectivity index (χ3n) is 1.72. The summed E-state index contributed by atoms with van der Waals surface area (Å²) in [4.78, 5) is 21.1. The van der Waals surface area contributed by atoms with Crippen molar-refractivity contribution in [3.8, 4) is 0 Å². The number of carbonyl (C=O) groups excluding carboxylic acids is 1. The zero-order chi connectivity index (χ0) is 10.1. The Balaban J connectivity index is 2.67. The standard InChI is InChI=1S/C6H9NO5S/c8-5-2-4-13(11,12)7(5)3-1-6(9)10/h1-4H2,(H,9,10). The largest absolute Gasteiger partial charge is 0.481 e.